The molecule has 0 bridgehead atoms. The molecule has 0 saturated heterocycles. The van der Waals surface area contributed by atoms with E-state index in [1.807, 2.05) is 23.9 Å². The highest BCUT2D eigenvalue weighted by molar-refractivity contribution is 7.98. The Morgan fingerprint density at radius 3 is 2.64 bits per heavy atom. The second kappa shape index (κ2) is 11.3. The van der Waals surface area contributed by atoms with E-state index >= 15 is 0 Å². The normalized spacial score (nSPS) is 10.1. The standard InChI is InChI=1S/C16H24N2O2S2/c1-3-4-11-20-15(19)13-6-8-14(9-7-13)18-16(21)17-10-5-12-22-2/h6-9H,3-5,10-12H2,1-2H3,(H2,17,18,21). The van der Waals surface area contributed by atoms with Crippen LogP contribution in [0.1, 0.15) is 36.5 Å². The Kier molecular flexibility index (Phi) is 9.66. The maximum atomic E-state index is 11.8. The van der Waals surface area contributed by atoms with Gasteiger partial charge in [-0.05, 0) is 61.3 Å². The number of anilines is 1. The Balaban J connectivity index is 2.37. The van der Waals surface area contributed by atoms with Gasteiger partial charge in [-0.1, -0.05) is 13.3 Å². The molecule has 0 unspecified atom stereocenters. The molecule has 0 fully saturated rings. The van der Waals surface area contributed by atoms with Crippen LogP contribution >= 0.6 is 24.0 Å². The fourth-order valence-corrected chi connectivity index (χ4v) is 2.33. The van der Waals surface area contributed by atoms with Crippen molar-refractivity contribution in [3.63, 3.8) is 0 Å². The van der Waals surface area contributed by atoms with E-state index in [0.717, 1.165) is 37.2 Å². The summed E-state index contributed by atoms with van der Waals surface area (Å²) in [6.45, 7) is 3.39. The first-order valence-corrected chi connectivity index (χ1v) is 9.28. The van der Waals surface area contributed by atoms with Gasteiger partial charge in [0.25, 0.3) is 0 Å². The van der Waals surface area contributed by atoms with Gasteiger partial charge in [0, 0.05) is 12.2 Å². The molecule has 122 valence electrons. The number of hydrogen-bond donors (Lipinski definition) is 2. The molecule has 0 amide bonds. The van der Waals surface area contributed by atoms with E-state index in [1.165, 1.54) is 0 Å². The number of carbonyl (C=O) groups excluding carboxylic acids is 1. The van der Waals surface area contributed by atoms with Gasteiger partial charge < -0.3 is 15.4 Å². The minimum atomic E-state index is -0.280. The fourth-order valence-electron chi connectivity index (χ4n) is 1.68. The zero-order valence-corrected chi connectivity index (χ0v) is 14.8. The van der Waals surface area contributed by atoms with Crippen LogP contribution in [0.2, 0.25) is 0 Å². The number of unbranched alkanes of at least 4 members (excludes halogenated alkanes) is 1. The highest BCUT2D eigenvalue weighted by atomic mass is 32.2. The molecule has 0 saturated carbocycles. The van der Waals surface area contributed by atoms with E-state index in [1.54, 1.807) is 12.1 Å². The number of carbonyl (C=O) groups is 1. The van der Waals surface area contributed by atoms with E-state index in [0.29, 0.717) is 17.3 Å². The van der Waals surface area contributed by atoms with Crippen molar-refractivity contribution in [3.8, 4) is 0 Å². The minimum Gasteiger partial charge on any atom is -0.462 e. The van der Waals surface area contributed by atoms with Gasteiger partial charge in [0.15, 0.2) is 5.11 Å². The molecule has 0 aliphatic carbocycles. The number of thioether (sulfide) groups is 1. The Morgan fingerprint density at radius 1 is 1.27 bits per heavy atom. The van der Waals surface area contributed by atoms with Crippen LogP contribution < -0.4 is 10.6 Å². The van der Waals surface area contributed by atoms with Crippen molar-refractivity contribution in [2.24, 2.45) is 0 Å². The minimum absolute atomic E-state index is 0.280. The summed E-state index contributed by atoms with van der Waals surface area (Å²) in [5.41, 5.74) is 1.41. The maximum absolute atomic E-state index is 11.8. The molecule has 1 rings (SSSR count). The summed E-state index contributed by atoms with van der Waals surface area (Å²) in [6, 6.07) is 7.14. The number of ether oxygens (including phenoxy) is 1. The Bertz CT molecular complexity index is 464. The monoisotopic (exact) mass is 340 g/mol. The third kappa shape index (κ3) is 7.66. The van der Waals surface area contributed by atoms with Crippen LogP contribution in [0.4, 0.5) is 5.69 Å². The summed E-state index contributed by atoms with van der Waals surface area (Å²) in [5, 5.41) is 6.85. The predicted octanol–water partition coefficient (Wildman–Crippen LogP) is 3.68. The summed E-state index contributed by atoms with van der Waals surface area (Å²) < 4.78 is 5.17. The van der Waals surface area contributed by atoms with Crippen molar-refractivity contribution in [2.75, 3.05) is 30.5 Å². The van der Waals surface area contributed by atoms with Gasteiger partial charge in [-0.25, -0.2) is 4.79 Å². The molecule has 6 heteroatoms. The predicted molar refractivity (Wildman–Crippen MR) is 98.9 cm³/mol. The van der Waals surface area contributed by atoms with Crippen LogP contribution in [0.25, 0.3) is 0 Å². The highest BCUT2D eigenvalue weighted by Gasteiger charge is 2.06. The van der Waals surface area contributed by atoms with Crippen LogP contribution in [-0.4, -0.2) is 36.2 Å². The molecule has 2 N–H and O–H groups in total. The Morgan fingerprint density at radius 2 is 2.00 bits per heavy atom. The first-order chi connectivity index (χ1) is 10.7. The summed E-state index contributed by atoms with van der Waals surface area (Å²) in [7, 11) is 0. The van der Waals surface area contributed by atoms with Crippen molar-refractivity contribution in [1.29, 1.82) is 0 Å². The molecule has 0 aliphatic heterocycles. The zero-order chi connectivity index (χ0) is 16.2. The second-order valence-corrected chi connectivity index (χ2v) is 6.19. The van der Waals surface area contributed by atoms with Crippen molar-refractivity contribution >= 4 is 40.7 Å². The highest BCUT2D eigenvalue weighted by Crippen LogP contribution is 2.11. The topological polar surface area (TPSA) is 50.4 Å². The third-order valence-electron chi connectivity index (χ3n) is 2.92. The molecule has 0 atom stereocenters. The van der Waals surface area contributed by atoms with Crippen LogP contribution in [0, 0.1) is 0 Å². The van der Waals surface area contributed by atoms with Gasteiger partial charge in [-0.15, -0.1) is 0 Å². The average molecular weight is 341 g/mol. The molecule has 1 aromatic rings. The molecule has 0 radical (unpaired) electrons. The quantitative estimate of drug-likeness (QED) is 0.406. The number of benzene rings is 1. The smallest absolute Gasteiger partial charge is 0.338 e. The van der Waals surface area contributed by atoms with Gasteiger partial charge in [-0.3, -0.25) is 0 Å². The molecular formula is C16H24N2O2S2. The summed E-state index contributed by atoms with van der Waals surface area (Å²) in [6.07, 6.45) is 5.07. The van der Waals surface area contributed by atoms with Crippen molar-refractivity contribution < 1.29 is 9.53 Å². The van der Waals surface area contributed by atoms with Gasteiger partial charge in [0.1, 0.15) is 0 Å². The van der Waals surface area contributed by atoms with E-state index in [2.05, 4.69) is 23.8 Å². The van der Waals surface area contributed by atoms with E-state index in [4.69, 9.17) is 17.0 Å². The van der Waals surface area contributed by atoms with E-state index in [-0.39, 0.29) is 5.97 Å². The molecule has 1 aromatic carbocycles. The number of esters is 1. The molecule has 4 nitrogen and oxygen atoms in total. The van der Waals surface area contributed by atoms with Crippen LogP contribution in [-0.2, 0) is 4.74 Å². The van der Waals surface area contributed by atoms with Crippen molar-refractivity contribution in [1.82, 2.24) is 5.32 Å². The first-order valence-electron chi connectivity index (χ1n) is 7.48. The lowest BCUT2D eigenvalue weighted by molar-refractivity contribution is 0.0500. The largest absolute Gasteiger partial charge is 0.462 e. The number of nitrogens with one attached hydrogen (secondary N) is 2. The molecule has 0 spiro atoms. The van der Waals surface area contributed by atoms with E-state index < -0.39 is 0 Å². The second-order valence-electron chi connectivity index (χ2n) is 4.79. The molecular weight excluding hydrogens is 316 g/mol. The number of rotatable bonds is 9. The van der Waals surface area contributed by atoms with Gasteiger partial charge in [0.2, 0.25) is 0 Å². The zero-order valence-electron chi connectivity index (χ0n) is 13.2. The van der Waals surface area contributed by atoms with E-state index in [9.17, 15) is 4.79 Å². The van der Waals surface area contributed by atoms with Gasteiger partial charge >= 0.3 is 5.97 Å². The maximum Gasteiger partial charge on any atom is 0.338 e. The summed E-state index contributed by atoms with van der Waals surface area (Å²) in [5.74, 6) is 0.836. The first kappa shape index (κ1) is 18.8. The molecule has 0 heterocycles. The molecule has 0 aliphatic rings. The van der Waals surface area contributed by atoms with Crippen molar-refractivity contribution in [3.05, 3.63) is 29.8 Å². The van der Waals surface area contributed by atoms with Crippen LogP contribution in [0.15, 0.2) is 24.3 Å². The number of thiocarbonyl (C=S) groups is 1. The SMILES string of the molecule is CCCCOC(=O)c1ccc(NC(=S)NCCCSC)cc1. The average Bonchev–Trinajstić information content (AvgIpc) is 2.52. The number of hydrogen-bond acceptors (Lipinski definition) is 4. The summed E-state index contributed by atoms with van der Waals surface area (Å²) >= 11 is 7.04. The fraction of sp³-hybridized carbons (Fsp3) is 0.500. The molecule has 0 aromatic heterocycles. The van der Waals surface area contributed by atoms with Gasteiger partial charge in [0.05, 0.1) is 12.2 Å². The lowest BCUT2D eigenvalue weighted by Crippen LogP contribution is -2.29. The van der Waals surface area contributed by atoms with Crippen LogP contribution in [0.5, 0.6) is 0 Å². The Labute approximate surface area is 142 Å². The van der Waals surface area contributed by atoms with Crippen LogP contribution in [0.3, 0.4) is 0 Å². The molecule has 22 heavy (non-hydrogen) atoms. The third-order valence-corrected chi connectivity index (χ3v) is 3.86. The Hall–Kier alpha value is -1.27. The lowest BCUT2D eigenvalue weighted by Gasteiger charge is -2.10. The van der Waals surface area contributed by atoms with Gasteiger partial charge in [-0.2, -0.15) is 11.8 Å². The van der Waals surface area contributed by atoms with Crippen molar-refractivity contribution in [2.45, 2.75) is 26.2 Å². The lowest BCUT2D eigenvalue weighted by atomic mass is 10.2. The summed E-state index contributed by atoms with van der Waals surface area (Å²) in [4.78, 5) is 11.8.